The summed E-state index contributed by atoms with van der Waals surface area (Å²) < 4.78 is 65.4. The molecule has 2 aromatic rings. The number of ether oxygens (including phenoxy) is 2. The molecular formula is C25H24F4N2O5. The van der Waals surface area contributed by atoms with Gasteiger partial charge in [-0.05, 0) is 61.4 Å². The molecule has 0 heterocycles. The number of allylic oxidation sites excluding steroid dienone is 4. The van der Waals surface area contributed by atoms with E-state index in [0.717, 1.165) is 12.1 Å². The molecule has 0 spiro atoms. The van der Waals surface area contributed by atoms with Crippen molar-refractivity contribution in [1.29, 1.82) is 0 Å². The van der Waals surface area contributed by atoms with E-state index >= 15 is 0 Å². The Morgan fingerprint density at radius 2 is 1.92 bits per heavy atom. The standard InChI is InChI=1S/C25H24F4N2O5/c1-3-35-23-11-16(5-8-21(23)33)15-4-7-20(19(26)10-15)31-24(34)30-17-6-9-22(36-14(2)13-32)18(12-17)25(27,28)29/h4-7,9-12,14,32H,3,8,13H2,1-2H3,(H2,30,31,34). The molecule has 2 aromatic carbocycles. The van der Waals surface area contributed by atoms with Gasteiger partial charge in [-0.15, -0.1) is 0 Å². The number of halogens is 4. The number of rotatable bonds is 8. The number of anilines is 2. The summed E-state index contributed by atoms with van der Waals surface area (Å²) in [6.07, 6.45) is -2.41. The van der Waals surface area contributed by atoms with E-state index in [4.69, 9.17) is 14.6 Å². The number of carbonyl (C=O) groups is 2. The molecular weight excluding hydrogens is 484 g/mol. The van der Waals surface area contributed by atoms with Gasteiger partial charge in [-0.1, -0.05) is 12.1 Å². The second-order valence-electron chi connectivity index (χ2n) is 7.82. The monoisotopic (exact) mass is 508 g/mol. The zero-order valence-electron chi connectivity index (χ0n) is 19.4. The number of aliphatic hydroxyl groups is 1. The predicted octanol–water partition coefficient (Wildman–Crippen LogP) is 5.52. The number of Topliss-reactive ketones (excluding diaryl/α,β-unsaturated/α-hetero) is 1. The lowest BCUT2D eigenvalue weighted by atomic mass is 9.97. The molecule has 11 heteroatoms. The maximum atomic E-state index is 14.7. The van der Waals surface area contributed by atoms with Crippen molar-refractivity contribution in [2.45, 2.75) is 32.5 Å². The van der Waals surface area contributed by atoms with E-state index in [1.54, 1.807) is 13.0 Å². The third kappa shape index (κ3) is 6.63. The van der Waals surface area contributed by atoms with Gasteiger partial charge in [-0.25, -0.2) is 9.18 Å². The molecule has 192 valence electrons. The van der Waals surface area contributed by atoms with Gasteiger partial charge in [-0.2, -0.15) is 13.2 Å². The Bertz CT molecular complexity index is 1210. The largest absolute Gasteiger partial charge is 0.490 e. The molecule has 3 rings (SSSR count). The molecule has 7 nitrogen and oxygen atoms in total. The first-order chi connectivity index (χ1) is 17.0. The average Bonchev–Trinajstić information content (AvgIpc) is 2.82. The van der Waals surface area contributed by atoms with Crippen LogP contribution >= 0.6 is 0 Å². The molecule has 0 bridgehead atoms. The summed E-state index contributed by atoms with van der Waals surface area (Å²) in [6.45, 7) is 2.96. The van der Waals surface area contributed by atoms with Crippen LogP contribution in [0, 0.1) is 5.82 Å². The lowest BCUT2D eigenvalue weighted by Crippen LogP contribution is -2.22. The Hall–Kier alpha value is -3.86. The zero-order valence-corrected chi connectivity index (χ0v) is 19.4. The smallest absolute Gasteiger partial charge is 0.420 e. The number of nitrogens with one attached hydrogen (secondary N) is 2. The fourth-order valence-corrected chi connectivity index (χ4v) is 3.33. The summed E-state index contributed by atoms with van der Waals surface area (Å²) in [5.41, 5.74) is -0.525. The summed E-state index contributed by atoms with van der Waals surface area (Å²) in [7, 11) is 0. The molecule has 2 amide bonds. The molecule has 1 unspecified atom stereocenters. The molecule has 0 aliphatic heterocycles. The SMILES string of the molecule is CCOC1=CC(c2ccc(NC(=O)Nc3ccc(OC(C)CO)c(C(F)(F)F)c3)c(F)c2)=CCC1=O. The number of carbonyl (C=O) groups excluding carboxylic acids is 2. The third-order valence-corrected chi connectivity index (χ3v) is 5.05. The lowest BCUT2D eigenvalue weighted by molar-refractivity contribution is -0.139. The predicted molar refractivity (Wildman–Crippen MR) is 125 cm³/mol. The summed E-state index contributed by atoms with van der Waals surface area (Å²) in [6, 6.07) is 5.90. The van der Waals surface area contributed by atoms with Gasteiger partial charge in [0.15, 0.2) is 5.76 Å². The maximum absolute atomic E-state index is 14.7. The minimum absolute atomic E-state index is 0.105. The molecule has 0 saturated heterocycles. The van der Waals surface area contributed by atoms with Gasteiger partial charge in [-0.3, -0.25) is 4.79 Å². The minimum atomic E-state index is -4.78. The molecule has 0 aromatic heterocycles. The van der Waals surface area contributed by atoms with Crippen LogP contribution in [0.15, 0.2) is 54.3 Å². The van der Waals surface area contributed by atoms with Crippen LogP contribution in [0.4, 0.5) is 33.7 Å². The fraction of sp³-hybridized carbons (Fsp3) is 0.280. The van der Waals surface area contributed by atoms with Gasteiger partial charge < -0.3 is 25.2 Å². The van der Waals surface area contributed by atoms with Crippen LogP contribution in [0.3, 0.4) is 0 Å². The highest BCUT2D eigenvalue weighted by Crippen LogP contribution is 2.38. The van der Waals surface area contributed by atoms with Crippen molar-refractivity contribution in [2.75, 3.05) is 23.8 Å². The molecule has 0 radical (unpaired) electrons. The quantitative estimate of drug-likeness (QED) is 0.408. The van der Waals surface area contributed by atoms with E-state index in [-0.39, 0.29) is 29.3 Å². The van der Waals surface area contributed by atoms with E-state index < -0.39 is 42.0 Å². The van der Waals surface area contributed by atoms with Crippen molar-refractivity contribution in [2.24, 2.45) is 0 Å². The Labute approximate surface area is 204 Å². The van der Waals surface area contributed by atoms with Gasteiger partial charge in [0.05, 0.1) is 24.5 Å². The fourth-order valence-electron chi connectivity index (χ4n) is 3.33. The van der Waals surface area contributed by atoms with Gasteiger partial charge in [0.2, 0.25) is 5.78 Å². The number of hydrogen-bond acceptors (Lipinski definition) is 5. The topological polar surface area (TPSA) is 96.9 Å². The van der Waals surface area contributed by atoms with Crippen molar-refractivity contribution >= 4 is 28.8 Å². The van der Waals surface area contributed by atoms with E-state index in [9.17, 15) is 27.2 Å². The number of aliphatic hydroxyl groups excluding tert-OH is 1. The molecule has 1 atom stereocenters. The zero-order chi connectivity index (χ0) is 26.5. The lowest BCUT2D eigenvalue weighted by Gasteiger charge is -2.18. The Morgan fingerprint density at radius 3 is 2.56 bits per heavy atom. The van der Waals surface area contributed by atoms with Crippen LogP contribution in [-0.4, -0.2) is 36.2 Å². The number of urea groups is 1. The Morgan fingerprint density at radius 1 is 1.17 bits per heavy atom. The highest BCUT2D eigenvalue weighted by atomic mass is 19.4. The number of benzene rings is 2. The normalized spacial score (nSPS) is 14.5. The van der Waals surface area contributed by atoms with Crippen LogP contribution in [0.1, 0.15) is 31.4 Å². The van der Waals surface area contributed by atoms with Crippen molar-refractivity contribution in [3.05, 3.63) is 71.3 Å². The summed E-state index contributed by atoms with van der Waals surface area (Å²) in [4.78, 5) is 24.2. The molecule has 3 N–H and O–H groups in total. The van der Waals surface area contributed by atoms with Gasteiger partial charge in [0.25, 0.3) is 0 Å². The van der Waals surface area contributed by atoms with Gasteiger partial charge >= 0.3 is 12.2 Å². The third-order valence-electron chi connectivity index (χ3n) is 5.05. The number of alkyl halides is 3. The van der Waals surface area contributed by atoms with Crippen LogP contribution in [0.2, 0.25) is 0 Å². The second-order valence-corrected chi connectivity index (χ2v) is 7.82. The van der Waals surface area contributed by atoms with E-state index in [2.05, 4.69) is 10.6 Å². The highest BCUT2D eigenvalue weighted by molar-refractivity contribution is 6.02. The number of hydrogen-bond donors (Lipinski definition) is 3. The van der Waals surface area contributed by atoms with Crippen molar-refractivity contribution in [1.82, 2.24) is 0 Å². The highest BCUT2D eigenvalue weighted by Gasteiger charge is 2.35. The minimum Gasteiger partial charge on any atom is -0.490 e. The molecule has 1 aliphatic carbocycles. The molecule has 0 fully saturated rings. The second kappa shape index (κ2) is 11.3. The van der Waals surface area contributed by atoms with Crippen molar-refractivity contribution < 1.29 is 41.7 Å². The van der Waals surface area contributed by atoms with E-state index in [0.29, 0.717) is 23.8 Å². The first kappa shape index (κ1) is 26.7. The van der Waals surface area contributed by atoms with E-state index in [1.165, 1.54) is 31.2 Å². The van der Waals surface area contributed by atoms with Crippen LogP contribution in [0.25, 0.3) is 5.57 Å². The maximum Gasteiger partial charge on any atom is 0.420 e. The van der Waals surface area contributed by atoms with Gasteiger partial charge in [0, 0.05) is 12.1 Å². The van der Waals surface area contributed by atoms with Crippen molar-refractivity contribution in [3.63, 3.8) is 0 Å². The van der Waals surface area contributed by atoms with Crippen LogP contribution < -0.4 is 15.4 Å². The van der Waals surface area contributed by atoms with Crippen LogP contribution in [0.5, 0.6) is 5.75 Å². The summed E-state index contributed by atoms with van der Waals surface area (Å²) in [5.74, 6) is -1.30. The molecule has 36 heavy (non-hydrogen) atoms. The number of amides is 2. The van der Waals surface area contributed by atoms with Crippen LogP contribution in [-0.2, 0) is 15.7 Å². The van der Waals surface area contributed by atoms with Crippen molar-refractivity contribution in [3.8, 4) is 5.75 Å². The summed E-state index contributed by atoms with van der Waals surface area (Å²) in [5, 5.41) is 13.5. The van der Waals surface area contributed by atoms with E-state index in [1.807, 2.05) is 0 Å². The summed E-state index contributed by atoms with van der Waals surface area (Å²) >= 11 is 0. The molecule has 0 saturated carbocycles. The average molecular weight is 508 g/mol. The number of ketones is 1. The van der Waals surface area contributed by atoms with Gasteiger partial charge in [0.1, 0.15) is 17.7 Å². The first-order valence-electron chi connectivity index (χ1n) is 11.0. The first-order valence-corrected chi connectivity index (χ1v) is 11.0. The Kier molecular flexibility index (Phi) is 8.36. The Balaban J connectivity index is 1.73. The molecule has 1 aliphatic rings.